The summed E-state index contributed by atoms with van der Waals surface area (Å²) < 4.78 is 15.1. The fraction of sp³-hybridized carbons (Fsp3) is 0.750. The summed E-state index contributed by atoms with van der Waals surface area (Å²) in [5.41, 5.74) is 5.90. The third kappa shape index (κ3) is 2.14. The van der Waals surface area contributed by atoms with Crippen LogP contribution in [0.1, 0.15) is 27.2 Å². The Morgan fingerprint density at radius 1 is 1.56 bits per heavy atom. The van der Waals surface area contributed by atoms with Crippen LogP contribution in [0.3, 0.4) is 0 Å². The van der Waals surface area contributed by atoms with E-state index >= 15 is 0 Å². The summed E-state index contributed by atoms with van der Waals surface area (Å²) in [5.74, 6) is 1.14. The van der Waals surface area contributed by atoms with Gasteiger partial charge in [0.15, 0.2) is 16.6 Å². The standard InChI is InChI=1S/C12H21N3O2S/c1-5-17-9-10(13)15-18-11(9)14-7-6-8(16-4)12(7,2)3/h7-8,14H,5-6H2,1-4H3,(H2,13,15). The number of methoxy groups -OCH3 is 1. The molecule has 1 aromatic rings. The number of hydrogen-bond donors (Lipinski definition) is 2. The predicted molar refractivity (Wildman–Crippen MR) is 74.3 cm³/mol. The maximum atomic E-state index is 5.79. The minimum Gasteiger partial charge on any atom is -0.487 e. The molecule has 0 spiro atoms. The van der Waals surface area contributed by atoms with E-state index in [1.54, 1.807) is 7.11 Å². The SMILES string of the molecule is CCOc1c(N)nsc1NC1CC(OC)C1(C)C. The van der Waals surface area contributed by atoms with Crippen LogP contribution in [0, 0.1) is 5.41 Å². The van der Waals surface area contributed by atoms with Crippen molar-refractivity contribution in [1.29, 1.82) is 0 Å². The highest BCUT2D eigenvalue weighted by molar-refractivity contribution is 7.11. The molecule has 0 saturated heterocycles. The Morgan fingerprint density at radius 3 is 2.83 bits per heavy atom. The largest absolute Gasteiger partial charge is 0.487 e. The zero-order valence-corrected chi connectivity index (χ0v) is 12.1. The molecule has 1 heterocycles. The maximum absolute atomic E-state index is 5.79. The highest BCUT2D eigenvalue weighted by Crippen LogP contribution is 2.46. The summed E-state index contributed by atoms with van der Waals surface area (Å²) in [4.78, 5) is 0. The van der Waals surface area contributed by atoms with E-state index in [9.17, 15) is 0 Å². The van der Waals surface area contributed by atoms with Crippen LogP contribution in [0.2, 0.25) is 0 Å². The molecule has 1 fully saturated rings. The number of nitrogen functional groups attached to an aromatic ring is 1. The van der Waals surface area contributed by atoms with Crippen molar-refractivity contribution in [2.75, 3.05) is 24.8 Å². The first kappa shape index (κ1) is 13.4. The van der Waals surface area contributed by atoms with Crippen LogP contribution in [0.5, 0.6) is 5.75 Å². The fourth-order valence-corrected chi connectivity index (χ4v) is 3.07. The second-order valence-electron chi connectivity index (χ2n) is 5.14. The number of nitrogens with two attached hydrogens (primary N) is 1. The van der Waals surface area contributed by atoms with Gasteiger partial charge < -0.3 is 20.5 Å². The quantitative estimate of drug-likeness (QED) is 0.860. The van der Waals surface area contributed by atoms with Gasteiger partial charge in [-0.15, -0.1) is 0 Å². The zero-order chi connectivity index (χ0) is 13.3. The predicted octanol–water partition coefficient (Wildman–Crippen LogP) is 2.35. The van der Waals surface area contributed by atoms with Crippen LogP contribution in [-0.4, -0.2) is 30.2 Å². The van der Waals surface area contributed by atoms with Gasteiger partial charge in [0.2, 0.25) is 0 Å². The van der Waals surface area contributed by atoms with Gasteiger partial charge >= 0.3 is 0 Å². The van der Waals surface area contributed by atoms with Crippen molar-refractivity contribution < 1.29 is 9.47 Å². The topological polar surface area (TPSA) is 69.4 Å². The molecule has 2 rings (SSSR count). The molecule has 0 aromatic carbocycles. The third-order valence-electron chi connectivity index (χ3n) is 3.73. The van der Waals surface area contributed by atoms with Crippen molar-refractivity contribution in [3.8, 4) is 5.75 Å². The molecule has 102 valence electrons. The Morgan fingerprint density at radius 2 is 2.28 bits per heavy atom. The molecule has 1 aliphatic carbocycles. The van der Waals surface area contributed by atoms with Crippen LogP contribution in [-0.2, 0) is 4.74 Å². The van der Waals surface area contributed by atoms with Crippen molar-refractivity contribution in [2.45, 2.75) is 39.3 Å². The van der Waals surface area contributed by atoms with Crippen LogP contribution in [0.25, 0.3) is 0 Å². The Labute approximate surface area is 112 Å². The third-order valence-corrected chi connectivity index (χ3v) is 4.50. The van der Waals surface area contributed by atoms with Crippen molar-refractivity contribution in [3.05, 3.63) is 0 Å². The van der Waals surface area contributed by atoms with Gasteiger partial charge in [0.25, 0.3) is 0 Å². The van der Waals surface area contributed by atoms with E-state index in [4.69, 9.17) is 15.2 Å². The molecule has 0 amide bonds. The molecule has 1 aliphatic rings. The summed E-state index contributed by atoms with van der Waals surface area (Å²) in [5, 5.41) is 4.40. The molecule has 2 unspecified atom stereocenters. The molecule has 18 heavy (non-hydrogen) atoms. The van der Waals surface area contributed by atoms with Crippen molar-refractivity contribution >= 4 is 22.4 Å². The molecule has 0 aliphatic heterocycles. The highest BCUT2D eigenvalue weighted by Gasteiger charge is 2.49. The molecule has 6 heteroatoms. The van der Waals surface area contributed by atoms with Gasteiger partial charge in [0.1, 0.15) is 0 Å². The molecular weight excluding hydrogens is 250 g/mol. The average Bonchev–Trinajstić information content (AvgIpc) is 2.66. The molecule has 3 N–H and O–H groups in total. The summed E-state index contributed by atoms with van der Waals surface area (Å²) in [6, 6.07) is 0.363. The number of rotatable bonds is 5. The molecule has 2 atom stereocenters. The molecule has 0 radical (unpaired) electrons. The Balaban J connectivity index is 2.07. The van der Waals surface area contributed by atoms with Crippen LogP contribution < -0.4 is 15.8 Å². The summed E-state index contributed by atoms with van der Waals surface area (Å²) in [6.07, 6.45) is 1.29. The van der Waals surface area contributed by atoms with E-state index in [0.29, 0.717) is 30.3 Å². The van der Waals surface area contributed by atoms with Crippen LogP contribution >= 0.6 is 11.5 Å². The van der Waals surface area contributed by atoms with E-state index in [1.165, 1.54) is 11.5 Å². The first-order valence-corrected chi connectivity index (χ1v) is 6.95. The molecule has 5 nitrogen and oxygen atoms in total. The number of aromatic nitrogens is 1. The van der Waals surface area contributed by atoms with Gasteiger partial charge in [0, 0.05) is 18.6 Å². The van der Waals surface area contributed by atoms with Crippen LogP contribution in [0.15, 0.2) is 0 Å². The van der Waals surface area contributed by atoms with Crippen molar-refractivity contribution in [3.63, 3.8) is 0 Å². The second-order valence-corrected chi connectivity index (χ2v) is 5.91. The lowest BCUT2D eigenvalue weighted by Gasteiger charge is -2.51. The number of nitrogens with zero attached hydrogens (tertiary/aromatic N) is 1. The minimum absolute atomic E-state index is 0.108. The van der Waals surface area contributed by atoms with E-state index in [-0.39, 0.29) is 5.41 Å². The molecule has 1 aromatic heterocycles. The summed E-state index contributed by atoms with van der Waals surface area (Å²) >= 11 is 1.35. The number of hydrogen-bond acceptors (Lipinski definition) is 6. The number of nitrogens with one attached hydrogen (secondary N) is 1. The second kappa shape index (κ2) is 4.93. The van der Waals surface area contributed by atoms with Gasteiger partial charge in [0.05, 0.1) is 12.7 Å². The Bertz CT molecular complexity index is 419. The Hall–Kier alpha value is -1.01. The zero-order valence-electron chi connectivity index (χ0n) is 11.3. The van der Waals surface area contributed by atoms with Gasteiger partial charge in [-0.2, -0.15) is 4.37 Å². The number of anilines is 2. The normalized spacial score (nSPS) is 25.6. The van der Waals surface area contributed by atoms with Gasteiger partial charge in [-0.1, -0.05) is 13.8 Å². The van der Waals surface area contributed by atoms with E-state index in [1.807, 2.05) is 6.92 Å². The summed E-state index contributed by atoms with van der Waals surface area (Å²) in [7, 11) is 1.76. The van der Waals surface area contributed by atoms with Gasteiger partial charge in [-0.25, -0.2) is 0 Å². The minimum atomic E-state index is 0.108. The van der Waals surface area contributed by atoms with Gasteiger partial charge in [-0.3, -0.25) is 0 Å². The van der Waals surface area contributed by atoms with E-state index in [0.717, 1.165) is 11.4 Å². The molecular formula is C12H21N3O2S. The van der Waals surface area contributed by atoms with E-state index in [2.05, 4.69) is 23.5 Å². The first-order chi connectivity index (χ1) is 8.50. The van der Waals surface area contributed by atoms with Crippen molar-refractivity contribution in [1.82, 2.24) is 4.37 Å². The molecule has 0 bridgehead atoms. The highest BCUT2D eigenvalue weighted by atomic mass is 32.1. The molecule has 1 saturated carbocycles. The Kier molecular flexibility index (Phi) is 3.68. The smallest absolute Gasteiger partial charge is 0.197 e. The maximum Gasteiger partial charge on any atom is 0.197 e. The average molecular weight is 271 g/mol. The van der Waals surface area contributed by atoms with Crippen molar-refractivity contribution in [2.24, 2.45) is 5.41 Å². The summed E-state index contributed by atoms with van der Waals surface area (Å²) in [6.45, 7) is 6.93. The lowest BCUT2D eigenvalue weighted by molar-refractivity contribution is -0.0794. The first-order valence-electron chi connectivity index (χ1n) is 6.18. The lowest BCUT2D eigenvalue weighted by atomic mass is 9.64. The van der Waals surface area contributed by atoms with Gasteiger partial charge in [-0.05, 0) is 24.9 Å². The number of ether oxygens (including phenoxy) is 2. The lowest BCUT2D eigenvalue weighted by Crippen LogP contribution is -2.57. The fourth-order valence-electron chi connectivity index (χ4n) is 2.36. The monoisotopic (exact) mass is 271 g/mol. The van der Waals surface area contributed by atoms with Crippen LogP contribution in [0.4, 0.5) is 10.8 Å². The van der Waals surface area contributed by atoms with E-state index < -0.39 is 0 Å².